The molecule has 6 heteroatoms. The van der Waals surface area contributed by atoms with Gasteiger partial charge in [0.15, 0.2) is 0 Å². The van der Waals surface area contributed by atoms with Crippen molar-refractivity contribution < 1.29 is 4.21 Å². The van der Waals surface area contributed by atoms with E-state index in [1.807, 2.05) is 18.5 Å². The third kappa shape index (κ3) is 3.59. The van der Waals surface area contributed by atoms with Crippen LogP contribution >= 0.6 is 11.6 Å². The summed E-state index contributed by atoms with van der Waals surface area (Å²) in [6.07, 6.45) is 3.34. The second kappa shape index (κ2) is 5.63. The molecular formula is C9H16ClN3OS. The van der Waals surface area contributed by atoms with Crippen molar-refractivity contribution in [3.05, 3.63) is 17.2 Å². The van der Waals surface area contributed by atoms with Gasteiger partial charge in [-0.2, -0.15) is 0 Å². The highest BCUT2D eigenvalue weighted by Crippen LogP contribution is 2.08. The molecule has 1 aromatic rings. The maximum Gasteiger partial charge on any atom is 0.128 e. The van der Waals surface area contributed by atoms with Crippen molar-refractivity contribution in [1.82, 2.24) is 14.9 Å². The van der Waals surface area contributed by atoms with Crippen molar-refractivity contribution in [2.75, 3.05) is 12.8 Å². The number of aromatic nitrogens is 2. The molecule has 4 nitrogen and oxygen atoms in total. The van der Waals surface area contributed by atoms with Gasteiger partial charge in [-0.1, -0.05) is 11.6 Å². The summed E-state index contributed by atoms with van der Waals surface area (Å²) in [5.74, 6) is 0.883. The van der Waals surface area contributed by atoms with Crippen LogP contribution in [-0.4, -0.2) is 31.8 Å². The van der Waals surface area contributed by atoms with Gasteiger partial charge < -0.3 is 9.88 Å². The molecule has 0 saturated carbocycles. The smallest absolute Gasteiger partial charge is 0.128 e. The van der Waals surface area contributed by atoms with E-state index >= 15 is 0 Å². The van der Waals surface area contributed by atoms with Crippen LogP contribution in [0.2, 0.25) is 5.15 Å². The molecule has 0 radical (unpaired) electrons. The monoisotopic (exact) mass is 249 g/mol. The van der Waals surface area contributed by atoms with Crippen molar-refractivity contribution in [3.8, 4) is 0 Å². The summed E-state index contributed by atoms with van der Waals surface area (Å²) in [7, 11) is 1.08. The number of hydrogen-bond acceptors (Lipinski definition) is 3. The molecule has 0 aliphatic carbocycles. The maximum absolute atomic E-state index is 11.1. The van der Waals surface area contributed by atoms with Crippen LogP contribution in [-0.2, 0) is 24.4 Å². The first-order valence-electron chi connectivity index (χ1n) is 4.71. The van der Waals surface area contributed by atoms with Crippen molar-refractivity contribution >= 4 is 22.4 Å². The molecule has 15 heavy (non-hydrogen) atoms. The molecule has 86 valence electrons. The number of rotatable bonds is 5. The summed E-state index contributed by atoms with van der Waals surface area (Å²) < 4.78 is 12.9. The molecule has 0 aliphatic heterocycles. The Balaban J connectivity index is 2.38. The average molecular weight is 250 g/mol. The van der Waals surface area contributed by atoms with E-state index in [4.69, 9.17) is 11.6 Å². The van der Waals surface area contributed by atoms with E-state index in [1.165, 1.54) is 0 Å². The molecule has 1 N–H and O–H groups in total. The van der Waals surface area contributed by atoms with E-state index in [0.717, 1.165) is 5.82 Å². The predicted octanol–water partition coefficient (Wildman–Crippen LogP) is 0.930. The summed E-state index contributed by atoms with van der Waals surface area (Å²) in [5.41, 5.74) is 0. The van der Waals surface area contributed by atoms with E-state index in [9.17, 15) is 4.21 Å². The van der Waals surface area contributed by atoms with E-state index in [2.05, 4.69) is 10.3 Å². The Kier molecular flexibility index (Phi) is 4.76. The fraction of sp³-hybridized carbons (Fsp3) is 0.667. The highest BCUT2D eigenvalue weighted by atomic mass is 35.5. The van der Waals surface area contributed by atoms with Crippen LogP contribution in [0.25, 0.3) is 0 Å². The Morgan fingerprint density at radius 3 is 2.87 bits per heavy atom. The van der Waals surface area contributed by atoms with Gasteiger partial charge in [0.05, 0.1) is 12.7 Å². The molecule has 1 rings (SSSR count). The van der Waals surface area contributed by atoms with Gasteiger partial charge in [-0.25, -0.2) is 4.98 Å². The third-order valence-corrected chi connectivity index (χ3v) is 3.96. The van der Waals surface area contributed by atoms with Crippen LogP contribution in [0.15, 0.2) is 6.20 Å². The molecule has 0 aliphatic rings. The molecule has 2 unspecified atom stereocenters. The largest absolute Gasteiger partial charge is 0.321 e. The van der Waals surface area contributed by atoms with Gasteiger partial charge in [0, 0.05) is 35.9 Å². The number of hydrogen-bond donors (Lipinski definition) is 1. The number of nitrogens with one attached hydrogen (secondary N) is 1. The standard InChI is InChI=1S/C9H16ClN3OS/c1-7(15(3)14)4-11-6-9-12-5-8(10)13(9)2/h5,7,11H,4,6H2,1-3H3. The Hall–Kier alpha value is -0.390. The van der Waals surface area contributed by atoms with Crippen LogP contribution in [0.3, 0.4) is 0 Å². The molecule has 0 fully saturated rings. The van der Waals surface area contributed by atoms with Crippen molar-refractivity contribution in [2.24, 2.45) is 7.05 Å². The summed E-state index contributed by atoms with van der Waals surface area (Å²) in [5, 5.41) is 3.98. The van der Waals surface area contributed by atoms with Gasteiger partial charge in [0.25, 0.3) is 0 Å². The molecule has 0 amide bonds. The fourth-order valence-corrected chi connectivity index (χ4v) is 1.59. The van der Waals surface area contributed by atoms with E-state index in [0.29, 0.717) is 18.2 Å². The van der Waals surface area contributed by atoms with Gasteiger partial charge >= 0.3 is 0 Å². The van der Waals surface area contributed by atoms with Crippen molar-refractivity contribution in [3.63, 3.8) is 0 Å². The SMILES string of the molecule is CC(CNCc1ncc(Cl)n1C)S(C)=O. The molecule has 0 spiro atoms. The minimum absolute atomic E-state index is 0.153. The molecule has 1 aromatic heterocycles. The van der Waals surface area contributed by atoms with Crippen molar-refractivity contribution in [2.45, 2.75) is 18.7 Å². The lowest BCUT2D eigenvalue weighted by molar-refractivity contribution is 0.621. The van der Waals surface area contributed by atoms with Crippen LogP contribution in [0.1, 0.15) is 12.7 Å². The summed E-state index contributed by atoms with van der Waals surface area (Å²) in [6, 6.07) is 0. The molecule has 1 heterocycles. The van der Waals surface area contributed by atoms with Gasteiger partial charge in [-0.3, -0.25) is 4.21 Å². The van der Waals surface area contributed by atoms with Crippen molar-refractivity contribution in [1.29, 1.82) is 0 Å². The van der Waals surface area contributed by atoms with Gasteiger partial charge in [-0.15, -0.1) is 0 Å². The summed E-state index contributed by atoms with van der Waals surface area (Å²) in [6.45, 7) is 3.31. The van der Waals surface area contributed by atoms with Gasteiger partial charge in [-0.05, 0) is 6.92 Å². The highest BCUT2D eigenvalue weighted by molar-refractivity contribution is 7.84. The first kappa shape index (κ1) is 12.7. The van der Waals surface area contributed by atoms with E-state index in [-0.39, 0.29) is 5.25 Å². The maximum atomic E-state index is 11.1. The predicted molar refractivity (Wildman–Crippen MR) is 63.5 cm³/mol. The second-order valence-electron chi connectivity index (χ2n) is 3.50. The fourth-order valence-electron chi connectivity index (χ4n) is 1.09. The van der Waals surface area contributed by atoms with Gasteiger partial charge in [0.1, 0.15) is 11.0 Å². The Morgan fingerprint density at radius 2 is 2.40 bits per heavy atom. The molecule has 0 saturated heterocycles. The second-order valence-corrected chi connectivity index (χ2v) is 5.69. The highest BCUT2D eigenvalue weighted by Gasteiger charge is 2.07. The Bertz CT molecular complexity index is 353. The van der Waals surface area contributed by atoms with Crippen LogP contribution in [0.4, 0.5) is 0 Å². The summed E-state index contributed by atoms with van der Waals surface area (Å²) >= 11 is 5.85. The molecular weight excluding hydrogens is 234 g/mol. The average Bonchev–Trinajstić information content (AvgIpc) is 2.49. The zero-order valence-corrected chi connectivity index (χ0v) is 10.7. The zero-order valence-electron chi connectivity index (χ0n) is 9.16. The zero-order chi connectivity index (χ0) is 11.4. The lowest BCUT2D eigenvalue weighted by Crippen LogP contribution is -2.28. The topological polar surface area (TPSA) is 46.9 Å². The normalized spacial score (nSPS) is 15.2. The molecule has 2 atom stereocenters. The Labute approximate surface area is 97.5 Å². The number of nitrogens with zero attached hydrogens (tertiary/aromatic N) is 2. The van der Waals surface area contributed by atoms with Gasteiger partial charge in [0.2, 0.25) is 0 Å². The minimum Gasteiger partial charge on any atom is -0.321 e. The van der Waals surface area contributed by atoms with Crippen LogP contribution in [0, 0.1) is 0 Å². The first-order chi connectivity index (χ1) is 7.02. The number of halogens is 1. The lowest BCUT2D eigenvalue weighted by atomic mass is 10.4. The molecule has 0 bridgehead atoms. The third-order valence-electron chi connectivity index (χ3n) is 2.31. The number of imidazole rings is 1. The van der Waals surface area contributed by atoms with Crippen LogP contribution < -0.4 is 5.32 Å². The Morgan fingerprint density at radius 1 is 1.73 bits per heavy atom. The first-order valence-corrected chi connectivity index (χ1v) is 6.71. The molecule has 0 aromatic carbocycles. The van der Waals surface area contributed by atoms with Crippen LogP contribution in [0.5, 0.6) is 0 Å². The van der Waals surface area contributed by atoms with E-state index < -0.39 is 10.8 Å². The lowest BCUT2D eigenvalue weighted by Gasteiger charge is -2.09. The minimum atomic E-state index is -0.784. The van der Waals surface area contributed by atoms with E-state index in [1.54, 1.807) is 12.5 Å². The summed E-state index contributed by atoms with van der Waals surface area (Å²) in [4.78, 5) is 4.15. The quantitative estimate of drug-likeness (QED) is 0.845.